The van der Waals surface area contributed by atoms with Gasteiger partial charge in [-0.1, -0.05) is 61.0 Å². The summed E-state index contributed by atoms with van der Waals surface area (Å²) in [6.07, 6.45) is 0.865. The number of hydrogen-bond donors (Lipinski definition) is 1. The molecule has 0 saturated carbocycles. The van der Waals surface area contributed by atoms with Crippen LogP contribution in [-0.2, 0) is 16.0 Å². The fourth-order valence-corrected chi connectivity index (χ4v) is 4.10. The fourth-order valence-electron chi connectivity index (χ4n) is 3.90. The third-order valence-electron chi connectivity index (χ3n) is 5.61. The number of carbonyl (C=O) groups is 2. The SMILES string of the molecule is CCc1ccc(C2/C(=C(/O)c3ccc(Cl)c(OC)c3)C(=O)C(=O)N2c2ccccc2)cc1. The maximum atomic E-state index is 13.2. The average Bonchev–Trinajstić information content (AvgIpc) is 3.10. The summed E-state index contributed by atoms with van der Waals surface area (Å²) in [4.78, 5) is 27.7. The van der Waals surface area contributed by atoms with E-state index in [4.69, 9.17) is 16.3 Å². The van der Waals surface area contributed by atoms with Gasteiger partial charge in [-0.05, 0) is 47.9 Å². The molecule has 162 valence electrons. The normalized spacial score (nSPS) is 17.6. The zero-order valence-electron chi connectivity index (χ0n) is 17.7. The molecule has 0 bridgehead atoms. The van der Waals surface area contributed by atoms with Gasteiger partial charge in [0.25, 0.3) is 11.7 Å². The second-order valence-corrected chi connectivity index (χ2v) is 7.86. The lowest BCUT2D eigenvalue weighted by Gasteiger charge is -2.25. The molecule has 0 aliphatic carbocycles. The molecule has 3 aromatic rings. The van der Waals surface area contributed by atoms with Crippen LogP contribution >= 0.6 is 11.6 Å². The Labute approximate surface area is 191 Å². The predicted octanol–water partition coefficient (Wildman–Crippen LogP) is 5.54. The van der Waals surface area contributed by atoms with E-state index in [9.17, 15) is 14.7 Å². The van der Waals surface area contributed by atoms with E-state index in [1.54, 1.807) is 42.5 Å². The summed E-state index contributed by atoms with van der Waals surface area (Å²) in [7, 11) is 1.47. The number of carbonyl (C=O) groups excluding carboxylic acids is 2. The standard InChI is InChI=1S/C26H22ClNO4/c1-3-16-9-11-17(12-10-16)23-22(24(29)18-13-14-20(27)21(15-18)32-2)25(30)26(31)28(23)19-7-5-4-6-8-19/h4-15,23,29H,3H2,1-2H3/b24-22-. The van der Waals surface area contributed by atoms with Gasteiger partial charge in [0.05, 0.1) is 23.7 Å². The van der Waals surface area contributed by atoms with Crippen LogP contribution in [0, 0.1) is 0 Å². The number of rotatable bonds is 5. The first kappa shape index (κ1) is 21.7. The van der Waals surface area contributed by atoms with Crippen molar-refractivity contribution >= 4 is 34.7 Å². The van der Waals surface area contributed by atoms with Gasteiger partial charge in [0, 0.05) is 11.3 Å². The number of methoxy groups -OCH3 is 1. The Morgan fingerprint density at radius 1 is 1.03 bits per heavy atom. The highest BCUT2D eigenvalue weighted by molar-refractivity contribution is 6.51. The number of benzene rings is 3. The van der Waals surface area contributed by atoms with Crippen LogP contribution in [0.3, 0.4) is 0 Å². The van der Waals surface area contributed by atoms with Crippen molar-refractivity contribution in [1.82, 2.24) is 0 Å². The van der Waals surface area contributed by atoms with Crippen molar-refractivity contribution in [3.05, 3.63) is 100 Å². The molecule has 0 spiro atoms. The minimum Gasteiger partial charge on any atom is -0.507 e. The van der Waals surface area contributed by atoms with Gasteiger partial charge >= 0.3 is 0 Å². The number of nitrogens with zero attached hydrogens (tertiary/aromatic N) is 1. The number of halogens is 1. The number of Topliss-reactive ketones (excluding diaryl/α,β-unsaturated/α-hetero) is 1. The molecule has 1 heterocycles. The first-order valence-electron chi connectivity index (χ1n) is 10.2. The van der Waals surface area contributed by atoms with Crippen LogP contribution in [0.5, 0.6) is 5.75 Å². The summed E-state index contributed by atoms with van der Waals surface area (Å²) in [6, 6.07) is 20.6. The van der Waals surface area contributed by atoms with Gasteiger partial charge < -0.3 is 9.84 Å². The smallest absolute Gasteiger partial charge is 0.300 e. The van der Waals surface area contributed by atoms with Gasteiger partial charge in [-0.3, -0.25) is 14.5 Å². The summed E-state index contributed by atoms with van der Waals surface area (Å²) < 4.78 is 5.25. The fraction of sp³-hybridized carbons (Fsp3) is 0.154. The molecule has 1 fully saturated rings. The predicted molar refractivity (Wildman–Crippen MR) is 125 cm³/mol. The van der Waals surface area contributed by atoms with Crippen molar-refractivity contribution in [2.45, 2.75) is 19.4 Å². The van der Waals surface area contributed by atoms with Crippen molar-refractivity contribution < 1.29 is 19.4 Å². The van der Waals surface area contributed by atoms with E-state index in [2.05, 4.69) is 6.92 Å². The van der Waals surface area contributed by atoms with E-state index in [-0.39, 0.29) is 11.3 Å². The molecule has 3 aromatic carbocycles. The van der Waals surface area contributed by atoms with E-state index >= 15 is 0 Å². The molecule has 1 amide bonds. The van der Waals surface area contributed by atoms with Crippen LogP contribution in [0.25, 0.3) is 5.76 Å². The van der Waals surface area contributed by atoms with Crippen LogP contribution in [0.2, 0.25) is 5.02 Å². The van der Waals surface area contributed by atoms with Crippen LogP contribution in [0.15, 0.2) is 78.4 Å². The molecule has 1 unspecified atom stereocenters. The minimum absolute atomic E-state index is 0.0208. The molecule has 32 heavy (non-hydrogen) atoms. The molecule has 4 rings (SSSR count). The second-order valence-electron chi connectivity index (χ2n) is 7.45. The van der Waals surface area contributed by atoms with Gasteiger partial charge in [-0.15, -0.1) is 0 Å². The quantitative estimate of drug-likeness (QED) is 0.317. The summed E-state index contributed by atoms with van der Waals surface area (Å²) in [6.45, 7) is 2.05. The van der Waals surface area contributed by atoms with Crippen molar-refractivity contribution in [3.8, 4) is 5.75 Å². The molecule has 0 aromatic heterocycles. The zero-order valence-corrected chi connectivity index (χ0v) is 18.5. The summed E-state index contributed by atoms with van der Waals surface area (Å²) in [5.41, 5.74) is 2.80. The number of aliphatic hydroxyl groups excluding tert-OH is 1. The van der Waals surface area contributed by atoms with Gasteiger partial charge in [0.2, 0.25) is 0 Å². The number of anilines is 1. The minimum atomic E-state index is -0.773. The number of aliphatic hydroxyl groups is 1. The Kier molecular flexibility index (Phi) is 6.01. The monoisotopic (exact) mass is 447 g/mol. The number of para-hydroxylation sites is 1. The summed E-state index contributed by atoms with van der Waals surface area (Å²) in [5, 5.41) is 11.6. The highest BCUT2D eigenvalue weighted by Crippen LogP contribution is 2.42. The number of amides is 1. The molecular formula is C26H22ClNO4. The lowest BCUT2D eigenvalue weighted by molar-refractivity contribution is -0.132. The number of ketones is 1. The van der Waals surface area contributed by atoms with Crippen LogP contribution in [0.1, 0.15) is 29.7 Å². The van der Waals surface area contributed by atoms with Crippen molar-refractivity contribution in [2.75, 3.05) is 12.0 Å². The number of aryl methyl sites for hydroxylation is 1. The van der Waals surface area contributed by atoms with Gasteiger partial charge in [-0.25, -0.2) is 0 Å². The van der Waals surface area contributed by atoms with Crippen LogP contribution in [0.4, 0.5) is 5.69 Å². The highest BCUT2D eigenvalue weighted by Gasteiger charge is 2.46. The van der Waals surface area contributed by atoms with Crippen molar-refractivity contribution in [3.63, 3.8) is 0 Å². The summed E-state index contributed by atoms with van der Waals surface area (Å²) in [5.74, 6) is -1.36. The average molecular weight is 448 g/mol. The summed E-state index contributed by atoms with van der Waals surface area (Å²) >= 11 is 6.12. The Bertz CT molecular complexity index is 1200. The molecule has 1 aliphatic rings. The molecule has 0 radical (unpaired) electrons. The Morgan fingerprint density at radius 2 is 1.72 bits per heavy atom. The van der Waals surface area contributed by atoms with E-state index in [0.717, 1.165) is 17.5 Å². The topological polar surface area (TPSA) is 66.8 Å². The van der Waals surface area contributed by atoms with E-state index in [0.29, 0.717) is 22.0 Å². The van der Waals surface area contributed by atoms with Gasteiger partial charge in [0.1, 0.15) is 11.5 Å². The van der Waals surface area contributed by atoms with Gasteiger partial charge in [0.15, 0.2) is 0 Å². The largest absolute Gasteiger partial charge is 0.507 e. The molecule has 1 atom stereocenters. The maximum Gasteiger partial charge on any atom is 0.300 e. The zero-order chi connectivity index (χ0) is 22.8. The maximum absolute atomic E-state index is 13.2. The Morgan fingerprint density at radius 3 is 2.34 bits per heavy atom. The second kappa shape index (κ2) is 8.89. The molecule has 5 nitrogen and oxygen atoms in total. The Hall–Kier alpha value is -3.57. The van der Waals surface area contributed by atoms with Crippen molar-refractivity contribution in [1.29, 1.82) is 0 Å². The molecule has 1 aliphatic heterocycles. The van der Waals surface area contributed by atoms with E-state index < -0.39 is 17.7 Å². The van der Waals surface area contributed by atoms with E-state index in [1.165, 1.54) is 12.0 Å². The molecular weight excluding hydrogens is 426 g/mol. The molecule has 1 saturated heterocycles. The Balaban J connectivity index is 1.93. The first-order valence-corrected chi connectivity index (χ1v) is 10.6. The molecule has 6 heteroatoms. The van der Waals surface area contributed by atoms with Crippen LogP contribution < -0.4 is 9.64 Å². The lowest BCUT2D eigenvalue weighted by Crippen LogP contribution is -2.29. The highest BCUT2D eigenvalue weighted by atomic mass is 35.5. The molecule has 1 N–H and O–H groups in total. The third kappa shape index (κ3) is 3.76. The van der Waals surface area contributed by atoms with Gasteiger partial charge in [-0.2, -0.15) is 0 Å². The first-order chi connectivity index (χ1) is 15.5. The third-order valence-corrected chi connectivity index (χ3v) is 5.92. The number of ether oxygens (including phenoxy) is 1. The lowest BCUT2D eigenvalue weighted by atomic mass is 9.94. The number of hydrogen-bond acceptors (Lipinski definition) is 4. The van der Waals surface area contributed by atoms with Crippen molar-refractivity contribution in [2.24, 2.45) is 0 Å². The van der Waals surface area contributed by atoms with E-state index in [1.807, 2.05) is 30.3 Å². The van der Waals surface area contributed by atoms with Crippen LogP contribution in [-0.4, -0.2) is 23.9 Å².